The molecule has 0 aromatic carbocycles. The predicted octanol–water partition coefficient (Wildman–Crippen LogP) is 1.23. The van der Waals surface area contributed by atoms with Crippen LogP contribution in [0.3, 0.4) is 0 Å². The lowest BCUT2D eigenvalue weighted by Gasteiger charge is -2.36. The molecule has 0 atom stereocenters. The van der Waals surface area contributed by atoms with Gasteiger partial charge in [0.15, 0.2) is 6.29 Å². The molecule has 16 heavy (non-hydrogen) atoms. The summed E-state index contributed by atoms with van der Waals surface area (Å²) in [6.45, 7) is 1.39. The van der Waals surface area contributed by atoms with Gasteiger partial charge in [-0.1, -0.05) is 19.3 Å². The number of rotatable bonds is 6. The van der Waals surface area contributed by atoms with Crippen LogP contribution in [0.15, 0.2) is 0 Å². The van der Waals surface area contributed by atoms with Gasteiger partial charge in [-0.2, -0.15) is 0 Å². The van der Waals surface area contributed by atoms with E-state index >= 15 is 0 Å². The van der Waals surface area contributed by atoms with Crippen LogP contribution in [-0.4, -0.2) is 56.3 Å². The van der Waals surface area contributed by atoms with Crippen LogP contribution in [0.1, 0.15) is 32.1 Å². The standard InChI is InChI=1S/C12H25NO3/c1-13(9-11(15-2)16-3)10-12(14)7-5-4-6-8-12/h11,14H,4-10H2,1-3H3. The first-order valence-electron chi connectivity index (χ1n) is 6.06. The van der Waals surface area contributed by atoms with Gasteiger partial charge in [0.05, 0.1) is 5.60 Å². The summed E-state index contributed by atoms with van der Waals surface area (Å²) < 4.78 is 10.3. The van der Waals surface area contributed by atoms with E-state index in [1.165, 1.54) is 6.42 Å². The summed E-state index contributed by atoms with van der Waals surface area (Å²) in [5.74, 6) is 0. The Morgan fingerprint density at radius 3 is 2.25 bits per heavy atom. The number of hydrogen-bond acceptors (Lipinski definition) is 4. The lowest BCUT2D eigenvalue weighted by molar-refractivity contribution is -0.121. The molecule has 0 heterocycles. The van der Waals surface area contributed by atoms with Gasteiger partial charge >= 0.3 is 0 Å². The van der Waals surface area contributed by atoms with Crippen LogP contribution < -0.4 is 0 Å². The molecule has 0 bridgehead atoms. The van der Waals surface area contributed by atoms with E-state index in [0.717, 1.165) is 25.7 Å². The molecule has 1 saturated carbocycles. The number of aliphatic hydroxyl groups is 1. The molecule has 1 rings (SSSR count). The Bertz CT molecular complexity index is 189. The Balaban J connectivity index is 2.34. The van der Waals surface area contributed by atoms with Crippen molar-refractivity contribution in [2.24, 2.45) is 0 Å². The van der Waals surface area contributed by atoms with Crippen molar-refractivity contribution in [2.45, 2.75) is 44.0 Å². The molecule has 1 fully saturated rings. The second kappa shape index (κ2) is 6.55. The Morgan fingerprint density at radius 1 is 1.19 bits per heavy atom. The molecule has 0 unspecified atom stereocenters. The SMILES string of the molecule is COC(CN(C)CC1(O)CCCCC1)OC. The highest BCUT2D eigenvalue weighted by atomic mass is 16.7. The number of methoxy groups -OCH3 is 2. The summed E-state index contributed by atoms with van der Waals surface area (Å²) in [6, 6.07) is 0. The van der Waals surface area contributed by atoms with Crippen molar-refractivity contribution in [3.63, 3.8) is 0 Å². The van der Waals surface area contributed by atoms with Crippen LogP contribution in [0.5, 0.6) is 0 Å². The van der Waals surface area contributed by atoms with E-state index in [9.17, 15) is 5.11 Å². The van der Waals surface area contributed by atoms with Crippen LogP contribution in [0.25, 0.3) is 0 Å². The topological polar surface area (TPSA) is 41.9 Å². The Labute approximate surface area is 98.5 Å². The molecule has 96 valence electrons. The van der Waals surface area contributed by atoms with Crippen molar-refractivity contribution in [1.29, 1.82) is 0 Å². The number of likely N-dealkylation sites (N-methyl/N-ethyl adjacent to an activating group) is 1. The van der Waals surface area contributed by atoms with Crippen LogP contribution in [0.4, 0.5) is 0 Å². The van der Waals surface area contributed by atoms with Gasteiger partial charge in [-0.3, -0.25) is 4.90 Å². The average Bonchev–Trinajstić information content (AvgIpc) is 2.26. The molecule has 0 saturated heterocycles. The summed E-state index contributed by atoms with van der Waals surface area (Å²) in [6.07, 6.45) is 5.16. The minimum atomic E-state index is -0.501. The van der Waals surface area contributed by atoms with Crippen molar-refractivity contribution in [3.8, 4) is 0 Å². The predicted molar refractivity (Wildman–Crippen MR) is 63.3 cm³/mol. The molecule has 0 radical (unpaired) electrons. The molecule has 4 heteroatoms. The first kappa shape index (κ1) is 13.9. The maximum Gasteiger partial charge on any atom is 0.169 e. The second-order valence-electron chi connectivity index (χ2n) is 4.88. The van der Waals surface area contributed by atoms with Gasteiger partial charge in [0, 0.05) is 27.3 Å². The zero-order valence-corrected chi connectivity index (χ0v) is 10.7. The summed E-state index contributed by atoms with van der Waals surface area (Å²) >= 11 is 0. The second-order valence-corrected chi connectivity index (χ2v) is 4.88. The van der Waals surface area contributed by atoms with E-state index in [0.29, 0.717) is 13.1 Å². The Morgan fingerprint density at radius 2 is 1.75 bits per heavy atom. The molecule has 0 aromatic heterocycles. The first-order chi connectivity index (χ1) is 7.59. The van der Waals surface area contributed by atoms with Gasteiger partial charge in [-0.15, -0.1) is 0 Å². The number of hydrogen-bond donors (Lipinski definition) is 1. The molecule has 0 amide bonds. The summed E-state index contributed by atoms with van der Waals surface area (Å²) in [4.78, 5) is 2.09. The number of nitrogens with zero attached hydrogens (tertiary/aromatic N) is 1. The van der Waals surface area contributed by atoms with Gasteiger partial charge in [0.2, 0.25) is 0 Å². The lowest BCUT2D eigenvalue weighted by Crippen LogP contribution is -2.45. The van der Waals surface area contributed by atoms with Crippen molar-refractivity contribution < 1.29 is 14.6 Å². The van der Waals surface area contributed by atoms with Gasteiger partial charge in [0.25, 0.3) is 0 Å². The quantitative estimate of drug-likeness (QED) is 0.698. The third-order valence-electron chi connectivity index (χ3n) is 3.34. The lowest BCUT2D eigenvalue weighted by atomic mass is 9.84. The highest BCUT2D eigenvalue weighted by Crippen LogP contribution is 2.28. The van der Waals surface area contributed by atoms with Gasteiger partial charge in [0.1, 0.15) is 0 Å². The molecule has 0 aromatic rings. The average molecular weight is 231 g/mol. The van der Waals surface area contributed by atoms with Crippen molar-refractivity contribution in [3.05, 3.63) is 0 Å². The Kier molecular flexibility index (Phi) is 5.69. The first-order valence-corrected chi connectivity index (χ1v) is 6.06. The van der Waals surface area contributed by atoms with E-state index in [2.05, 4.69) is 4.90 Å². The zero-order chi connectivity index (χ0) is 12.0. The van der Waals surface area contributed by atoms with E-state index in [4.69, 9.17) is 9.47 Å². The van der Waals surface area contributed by atoms with Crippen molar-refractivity contribution >= 4 is 0 Å². The third-order valence-corrected chi connectivity index (χ3v) is 3.34. The highest BCUT2D eigenvalue weighted by molar-refractivity contribution is 4.84. The smallest absolute Gasteiger partial charge is 0.169 e. The van der Waals surface area contributed by atoms with Crippen LogP contribution in [0, 0.1) is 0 Å². The molecule has 0 spiro atoms. The summed E-state index contributed by atoms with van der Waals surface area (Å²) in [5.41, 5.74) is -0.501. The summed E-state index contributed by atoms with van der Waals surface area (Å²) in [7, 11) is 5.27. The molecular formula is C12H25NO3. The van der Waals surface area contributed by atoms with Crippen LogP contribution in [-0.2, 0) is 9.47 Å². The van der Waals surface area contributed by atoms with Gasteiger partial charge < -0.3 is 14.6 Å². The van der Waals surface area contributed by atoms with Crippen LogP contribution >= 0.6 is 0 Å². The molecule has 0 aliphatic heterocycles. The minimum absolute atomic E-state index is 0.211. The van der Waals surface area contributed by atoms with Crippen molar-refractivity contribution in [1.82, 2.24) is 4.90 Å². The molecule has 1 aliphatic rings. The highest BCUT2D eigenvalue weighted by Gasteiger charge is 2.30. The molecular weight excluding hydrogens is 206 g/mol. The van der Waals surface area contributed by atoms with Crippen molar-refractivity contribution in [2.75, 3.05) is 34.4 Å². The van der Waals surface area contributed by atoms with Gasteiger partial charge in [-0.05, 0) is 19.9 Å². The monoisotopic (exact) mass is 231 g/mol. The molecule has 4 nitrogen and oxygen atoms in total. The fourth-order valence-corrected chi connectivity index (χ4v) is 2.43. The van der Waals surface area contributed by atoms with Crippen LogP contribution in [0.2, 0.25) is 0 Å². The van der Waals surface area contributed by atoms with E-state index in [1.54, 1.807) is 14.2 Å². The molecule has 1 N–H and O–H groups in total. The van der Waals surface area contributed by atoms with Gasteiger partial charge in [-0.25, -0.2) is 0 Å². The maximum atomic E-state index is 10.4. The number of ether oxygens (including phenoxy) is 2. The largest absolute Gasteiger partial charge is 0.389 e. The Hall–Kier alpha value is -0.160. The van der Waals surface area contributed by atoms with E-state index in [-0.39, 0.29) is 6.29 Å². The minimum Gasteiger partial charge on any atom is -0.389 e. The third kappa shape index (κ3) is 4.37. The fourth-order valence-electron chi connectivity index (χ4n) is 2.43. The summed E-state index contributed by atoms with van der Waals surface area (Å²) in [5, 5.41) is 10.4. The zero-order valence-electron chi connectivity index (χ0n) is 10.7. The normalized spacial score (nSPS) is 20.6. The van der Waals surface area contributed by atoms with E-state index < -0.39 is 5.60 Å². The maximum absolute atomic E-state index is 10.4. The molecule has 1 aliphatic carbocycles. The van der Waals surface area contributed by atoms with E-state index in [1.807, 2.05) is 7.05 Å². The fraction of sp³-hybridized carbons (Fsp3) is 1.00.